The second-order valence-corrected chi connectivity index (χ2v) is 6.84. The zero-order valence-electron chi connectivity index (χ0n) is 13.4. The third-order valence-corrected chi connectivity index (χ3v) is 4.32. The van der Waals surface area contributed by atoms with Crippen molar-refractivity contribution in [2.45, 2.75) is 78.2 Å². The van der Waals surface area contributed by atoms with Crippen molar-refractivity contribution in [3.63, 3.8) is 0 Å². The number of alkyl halides is 2. The molecule has 1 fully saturated rings. The SMILES string of the molecule is CC(C)OCC1(CCC/C=C/C(F)(F)C(C)C)CCC1. The largest absolute Gasteiger partial charge is 0.378 e. The Labute approximate surface area is 122 Å². The summed E-state index contributed by atoms with van der Waals surface area (Å²) < 4.78 is 32.5. The van der Waals surface area contributed by atoms with Crippen LogP contribution in [-0.2, 0) is 4.74 Å². The Hall–Kier alpha value is -0.440. The topological polar surface area (TPSA) is 9.23 Å². The minimum atomic E-state index is -2.67. The van der Waals surface area contributed by atoms with Gasteiger partial charge in [0.2, 0.25) is 0 Å². The Bertz CT molecular complexity index is 304. The zero-order valence-corrected chi connectivity index (χ0v) is 13.4. The highest BCUT2D eigenvalue weighted by Gasteiger charge is 2.36. The van der Waals surface area contributed by atoms with E-state index < -0.39 is 11.8 Å². The standard InChI is InChI=1S/C17H30F2O/c1-14(2)17(18,19)12-7-5-6-9-16(10-8-11-16)13-20-15(3)4/h7,12,14-15H,5-6,8-11,13H2,1-4H3/b12-7+. The van der Waals surface area contributed by atoms with Gasteiger partial charge in [-0.3, -0.25) is 0 Å². The molecular formula is C17H30F2O. The van der Waals surface area contributed by atoms with E-state index in [0.717, 1.165) is 31.9 Å². The van der Waals surface area contributed by atoms with E-state index >= 15 is 0 Å². The van der Waals surface area contributed by atoms with Gasteiger partial charge in [-0.1, -0.05) is 26.3 Å². The van der Waals surface area contributed by atoms with Gasteiger partial charge in [0.1, 0.15) is 0 Å². The second kappa shape index (κ2) is 7.53. The molecule has 3 heteroatoms. The van der Waals surface area contributed by atoms with Crippen molar-refractivity contribution in [3.8, 4) is 0 Å². The number of unbranched alkanes of at least 4 members (excludes halogenated alkanes) is 1. The van der Waals surface area contributed by atoms with Crippen molar-refractivity contribution >= 4 is 0 Å². The average Bonchev–Trinajstić information content (AvgIpc) is 2.30. The second-order valence-electron chi connectivity index (χ2n) is 6.84. The van der Waals surface area contributed by atoms with Crippen molar-refractivity contribution < 1.29 is 13.5 Å². The lowest BCUT2D eigenvalue weighted by Gasteiger charge is -2.42. The minimum absolute atomic E-state index is 0.275. The molecule has 1 aliphatic rings. The van der Waals surface area contributed by atoms with Gasteiger partial charge in [0, 0.05) is 5.92 Å². The summed E-state index contributed by atoms with van der Waals surface area (Å²) in [5.74, 6) is -3.30. The predicted molar refractivity (Wildman–Crippen MR) is 80.1 cm³/mol. The Morgan fingerprint density at radius 2 is 1.85 bits per heavy atom. The molecule has 0 spiro atoms. The first-order valence-electron chi connectivity index (χ1n) is 7.94. The van der Waals surface area contributed by atoms with E-state index in [-0.39, 0.29) is 6.10 Å². The van der Waals surface area contributed by atoms with E-state index in [1.807, 2.05) is 0 Å². The Morgan fingerprint density at radius 3 is 2.30 bits per heavy atom. The van der Waals surface area contributed by atoms with Crippen LogP contribution in [0.5, 0.6) is 0 Å². The van der Waals surface area contributed by atoms with Gasteiger partial charge in [-0.15, -0.1) is 0 Å². The summed E-state index contributed by atoms with van der Waals surface area (Å²) in [6.45, 7) is 8.05. The molecule has 0 radical (unpaired) electrons. The fourth-order valence-corrected chi connectivity index (χ4v) is 2.51. The van der Waals surface area contributed by atoms with E-state index in [9.17, 15) is 8.78 Å². The first-order valence-corrected chi connectivity index (χ1v) is 7.94. The van der Waals surface area contributed by atoms with Crippen LogP contribution in [0.4, 0.5) is 8.78 Å². The van der Waals surface area contributed by atoms with Gasteiger partial charge in [0.25, 0.3) is 5.92 Å². The van der Waals surface area contributed by atoms with Crippen LogP contribution >= 0.6 is 0 Å². The summed E-state index contributed by atoms with van der Waals surface area (Å²) in [6, 6.07) is 0. The number of rotatable bonds is 9. The van der Waals surface area contributed by atoms with Crippen molar-refractivity contribution in [3.05, 3.63) is 12.2 Å². The fourth-order valence-electron chi connectivity index (χ4n) is 2.51. The summed E-state index contributed by atoms with van der Waals surface area (Å²) in [4.78, 5) is 0. The van der Waals surface area contributed by atoms with Gasteiger partial charge < -0.3 is 4.74 Å². The number of ether oxygens (including phenoxy) is 1. The Kier molecular flexibility index (Phi) is 6.63. The summed E-state index contributed by atoms with van der Waals surface area (Å²) in [7, 11) is 0. The van der Waals surface area contributed by atoms with E-state index in [4.69, 9.17) is 4.74 Å². The lowest BCUT2D eigenvalue weighted by Crippen LogP contribution is -2.35. The molecule has 0 heterocycles. The highest BCUT2D eigenvalue weighted by molar-refractivity contribution is 4.97. The number of allylic oxidation sites excluding steroid dienone is 2. The normalized spacial score (nSPS) is 19.0. The van der Waals surface area contributed by atoms with Crippen molar-refractivity contribution in [2.75, 3.05) is 6.61 Å². The summed E-state index contributed by atoms with van der Waals surface area (Å²) in [6.07, 6.45) is 9.55. The molecule has 0 unspecified atom stereocenters. The molecule has 0 aliphatic heterocycles. The average molecular weight is 288 g/mol. The molecular weight excluding hydrogens is 258 g/mol. The maximum Gasteiger partial charge on any atom is 0.268 e. The lowest BCUT2D eigenvalue weighted by molar-refractivity contribution is -0.0380. The van der Waals surface area contributed by atoms with Gasteiger partial charge in [-0.05, 0) is 57.4 Å². The molecule has 1 nitrogen and oxygen atoms in total. The van der Waals surface area contributed by atoms with Crippen molar-refractivity contribution in [1.82, 2.24) is 0 Å². The zero-order chi connectivity index (χ0) is 15.2. The molecule has 0 atom stereocenters. The third-order valence-electron chi connectivity index (χ3n) is 4.32. The Balaban J connectivity index is 2.27. The molecule has 118 valence electrons. The van der Waals surface area contributed by atoms with Gasteiger partial charge >= 0.3 is 0 Å². The molecule has 1 rings (SSSR count). The van der Waals surface area contributed by atoms with Gasteiger partial charge in [-0.25, -0.2) is 8.78 Å². The number of hydrogen-bond acceptors (Lipinski definition) is 1. The van der Waals surface area contributed by atoms with Gasteiger partial charge in [0.15, 0.2) is 0 Å². The van der Waals surface area contributed by atoms with Crippen molar-refractivity contribution in [1.29, 1.82) is 0 Å². The minimum Gasteiger partial charge on any atom is -0.378 e. The molecule has 20 heavy (non-hydrogen) atoms. The van der Waals surface area contributed by atoms with Crippen LogP contribution in [0.15, 0.2) is 12.2 Å². The van der Waals surface area contributed by atoms with E-state index in [2.05, 4.69) is 13.8 Å². The number of halogens is 2. The van der Waals surface area contributed by atoms with Crippen LogP contribution in [0, 0.1) is 11.3 Å². The molecule has 0 N–H and O–H groups in total. The molecule has 0 amide bonds. The first-order chi connectivity index (χ1) is 9.27. The van der Waals surface area contributed by atoms with Crippen LogP contribution in [0.1, 0.15) is 66.2 Å². The first kappa shape index (κ1) is 17.6. The maximum atomic E-state index is 13.4. The molecule has 1 saturated carbocycles. The molecule has 1 aliphatic carbocycles. The third kappa shape index (κ3) is 5.51. The molecule has 0 aromatic heterocycles. The summed E-state index contributed by atoms with van der Waals surface area (Å²) in [5, 5.41) is 0. The monoisotopic (exact) mass is 288 g/mol. The van der Waals surface area contributed by atoms with Crippen molar-refractivity contribution in [2.24, 2.45) is 11.3 Å². The molecule has 0 bridgehead atoms. The highest BCUT2D eigenvalue weighted by atomic mass is 19.3. The highest BCUT2D eigenvalue weighted by Crippen LogP contribution is 2.45. The number of hydrogen-bond donors (Lipinski definition) is 0. The molecule has 0 aromatic rings. The van der Waals surface area contributed by atoms with E-state index in [0.29, 0.717) is 5.41 Å². The van der Waals surface area contributed by atoms with E-state index in [1.54, 1.807) is 19.9 Å². The molecule has 0 aromatic carbocycles. The fraction of sp³-hybridized carbons (Fsp3) is 0.882. The van der Waals surface area contributed by atoms with Crippen LogP contribution in [0.25, 0.3) is 0 Å². The Morgan fingerprint density at radius 1 is 1.20 bits per heavy atom. The summed E-state index contributed by atoms with van der Waals surface area (Å²) in [5.41, 5.74) is 0.332. The smallest absolute Gasteiger partial charge is 0.268 e. The quantitative estimate of drug-likeness (QED) is 0.396. The maximum absolute atomic E-state index is 13.4. The summed E-state index contributed by atoms with van der Waals surface area (Å²) >= 11 is 0. The van der Waals surface area contributed by atoms with Crippen LogP contribution in [0.3, 0.4) is 0 Å². The van der Waals surface area contributed by atoms with Crippen LogP contribution in [0.2, 0.25) is 0 Å². The van der Waals surface area contributed by atoms with Crippen LogP contribution < -0.4 is 0 Å². The van der Waals surface area contributed by atoms with Gasteiger partial charge in [-0.2, -0.15) is 0 Å². The lowest BCUT2D eigenvalue weighted by atomic mass is 9.66. The van der Waals surface area contributed by atoms with Gasteiger partial charge in [0.05, 0.1) is 12.7 Å². The van der Waals surface area contributed by atoms with Crippen LogP contribution in [-0.4, -0.2) is 18.6 Å². The van der Waals surface area contributed by atoms with E-state index in [1.165, 1.54) is 19.3 Å². The molecule has 0 saturated heterocycles. The predicted octanol–water partition coefficient (Wildman–Crippen LogP) is 5.60.